The van der Waals surface area contributed by atoms with Gasteiger partial charge in [0.25, 0.3) is 0 Å². The monoisotopic (exact) mass is 251 g/mol. The number of hydrogen-bond acceptors (Lipinski definition) is 4. The summed E-state index contributed by atoms with van der Waals surface area (Å²) in [6.45, 7) is 5.37. The third kappa shape index (κ3) is 2.16. The third-order valence-corrected chi connectivity index (χ3v) is 2.77. The minimum atomic E-state index is -0.542. The minimum absolute atomic E-state index is 0.250. The van der Waals surface area contributed by atoms with Crippen molar-refractivity contribution in [3.63, 3.8) is 0 Å². The van der Waals surface area contributed by atoms with Crippen LogP contribution < -0.4 is 0 Å². The van der Waals surface area contributed by atoms with Crippen LogP contribution >= 0.6 is 0 Å². The summed E-state index contributed by atoms with van der Waals surface area (Å²) in [5.41, 5.74) is 1.80. The molecule has 18 heavy (non-hydrogen) atoms. The largest absolute Gasteiger partial charge is 0.465 e. The van der Waals surface area contributed by atoms with Gasteiger partial charge in [0.2, 0.25) is 0 Å². The average Bonchev–Trinajstić information content (AvgIpc) is 2.61. The van der Waals surface area contributed by atoms with Crippen LogP contribution in [-0.4, -0.2) is 30.7 Å². The van der Waals surface area contributed by atoms with Crippen molar-refractivity contribution in [2.24, 2.45) is 0 Å². The second-order valence-electron chi connectivity index (χ2n) is 3.76. The van der Waals surface area contributed by atoms with E-state index in [4.69, 9.17) is 9.47 Å². The normalized spacial score (nSPS) is 10.7. The number of rotatable bonds is 3. The number of methoxy groups -OCH3 is 2. The van der Waals surface area contributed by atoms with E-state index in [0.29, 0.717) is 11.4 Å². The molecule has 0 aliphatic carbocycles. The summed E-state index contributed by atoms with van der Waals surface area (Å²) < 4.78 is 11.2. The standard InChI is InChI=1S/C13H17NO4/c1-6-7-14-8(2)10(12(15)17-4)11(9(14)3)13(16)18-5/h6-7H,1-5H3/b7-6+. The summed E-state index contributed by atoms with van der Waals surface area (Å²) in [4.78, 5) is 23.6. The van der Waals surface area contributed by atoms with Crippen molar-refractivity contribution in [2.45, 2.75) is 20.8 Å². The van der Waals surface area contributed by atoms with Gasteiger partial charge in [0, 0.05) is 17.6 Å². The Bertz CT molecular complexity index is 472. The Labute approximate surface area is 106 Å². The number of esters is 2. The molecule has 0 atom stereocenters. The third-order valence-electron chi connectivity index (χ3n) is 2.77. The number of carbonyl (C=O) groups excluding carboxylic acids is 2. The summed E-state index contributed by atoms with van der Waals surface area (Å²) >= 11 is 0. The highest BCUT2D eigenvalue weighted by Crippen LogP contribution is 2.24. The Hall–Kier alpha value is -2.04. The van der Waals surface area contributed by atoms with Crippen molar-refractivity contribution in [3.8, 4) is 0 Å². The van der Waals surface area contributed by atoms with Gasteiger partial charge in [-0.25, -0.2) is 9.59 Å². The molecule has 0 fully saturated rings. The first-order valence-corrected chi connectivity index (χ1v) is 5.50. The van der Waals surface area contributed by atoms with Crippen LogP contribution in [0, 0.1) is 13.8 Å². The second kappa shape index (κ2) is 5.53. The number of ether oxygens (including phenoxy) is 2. The molecule has 0 N–H and O–H groups in total. The molecular weight excluding hydrogens is 234 g/mol. The van der Waals surface area contributed by atoms with Crippen molar-refractivity contribution in [3.05, 3.63) is 28.6 Å². The van der Waals surface area contributed by atoms with E-state index in [1.807, 2.05) is 13.0 Å². The minimum Gasteiger partial charge on any atom is -0.465 e. The molecule has 0 radical (unpaired) electrons. The van der Waals surface area contributed by atoms with Gasteiger partial charge in [-0.05, 0) is 20.8 Å². The zero-order valence-corrected chi connectivity index (χ0v) is 11.2. The Balaban J connectivity index is 3.61. The van der Waals surface area contributed by atoms with Crippen LogP contribution in [-0.2, 0) is 9.47 Å². The Morgan fingerprint density at radius 3 is 1.67 bits per heavy atom. The number of nitrogens with zero attached hydrogens (tertiary/aromatic N) is 1. The predicted octanol–water partition coefficient (Wildman–Crippen LogP) is 2.17. The molecule has 0 aliphatic heterocycles. The van der Waals surface area contributed by atoms with Gasteiger partial charge in [0.05, 0.1) is 25.3 Å². The van der Waals surface area contributed by atoms with E-state index in [0.717, 1.165) is 0 Å². The van der Waals surface area contributed by atoms with Crippen LogP contribution in [0.2, 0.25) is 0 Å². The highest BCUT2D eigenvalue weighted by atomic mass is 16.5. The molecule has 1 heterocycles. The molecule has 0 aliphatic rings. The van der Waals surface area contributed by atoms with Gasteiger partial charge in [-0.2, -0.15) is 0 Å². The molecule has 1 rings (SSSR count). The molecule has 1 aromatic rings. The summed E-state index contributed by atoms with van der Waals surface area (Å²) in [7, 11) is 2.57. The molecule has 0 amide bonds. The molecule has 0 spiro atoms. The SMILES string of the molecule is C/C=C/n1c(C)c(C(=O)OC)c(C(=O)OC)c1C. The molecule has 0 bridgehead atoms. The van der Waals surface area contributed by atoms with E-state index in [2.05, 4.69) is 0 Å². The van der Waals surface area contributed by atoms with Gasteiger partial charge < -0.3 is 14.0 Å². The summed E-state index contributed by atoms with van der Waals surface area (Å²) in [5.74, 6) is -1.08. The van der Waals surface area contributed by atoms with Crippen LogP contribution in [0.25, 0.3) is 6.20 Å². The van der Waals surface area contributed by atoms with Crippen LogP contribution in [0.15, 0.2) is 6.08 Å². The lowest BCUT2D eigenvalue weighted by Gasteiger charge is -2.02. The van der Waals surface area contributed by atoms with Crippen molar-refractivity contribution < 1.29 is 19.1 Å². The molecule has 1 aromatic heterocycles. The van der Waals surface area contributed by atoms with E-state index in [-0.39, 0.29) is 11.1 Å². The molecule has 5 heteroatoms. The average molecular weight is 251 g/mol. The van der Waals surface area contributed by atoms with Crippen LogP contribution in [0.4, 0.5) is 0 Å². The zero-order chi connectivity index (χ0) is 13.9. The number of allylic oxidation sites excluding steroid dienone is 1. The fraction of sp³-hybridized carbons (Fsp3) is 0.385. The van der Waals surface area contributed by atoms with Gasteiger partial charge >= 0.3 is 11.9 Å². The highest BCUT2D eigenvalue weighted by molar-refractivity contribution is 6.05. The molecule has 0 saturated heterocycles. The Morgan fingerprint density at radius 1 is 1.00 bits per heavy atom. The van der Waals surface area contributed by atoms with Gasteiger partial charge in [-0.1, -0.05) is 6.08 Å². The summed E-state index contributed by atoms with van der Waals surface area (Å²) in [6, 6.07) is 0. The molecule has 5 nitrogen and oxygen atoms in total. The second-order valence-corrected chi connectivity index (χ2v) is 3.76. The maximum Gasteiger partial charge on any atom is 0.340 e. The van der Waals surface area contributed by atoms with Crippen LogP contribution in [0.1, 0.15) is 39.0 Å². The van der Waals surface area contributed by atoms with Gasteiger partial charge in [0.15, 0.2) is 0 Å². The maximum absolute atomic E-state index is 11.8. The van der Waals surface area contributed by atoms with E-state index in [9.17, 15) is 9.59 Å². The zero-order valence-electron chi connectivity index (χ0n) is 11.2. The smallest absolute Gasteiger partial charge is 0.340 e. The lowest BCUT2D eigenvalue weighted by Crippen LogP contribution is -2.11. The fourth-order valence-corrected chi connectivity index (χ4v) is 1.93. The predicted molar refractivity (Wildman–Crippen MR) is 67.6 cm³/mol. The van der Waals surface area contributed by atoms with Crippen molar-refractivity contribution in [1.29, 1.82) is 0 Å². The van der Waals surface area contributed by atoms with E-state index in [1.165, 1.54) is 14.2 Å². The van der Waals surface area contributed by atoms with Gasteiger partial charge in [0.1, 0.15) is 0 Å². The van der Waals surface area contributed by atoms with E-state index < -0.39 is 11.9 Å². The first-order valence-electron chi connectivity index (χ1n) is 5.50. The lowest BCUT2D eigenvalue weighted by atomic mass is 10.1. The van der Waals surface area contributed by atoms with Crippen molar-refractivity contribution in [2.75, 3.05) is 14.2 Å². The molecule has 0 aromatic carbocycles. The first-order chi connectivity index (χ1) is 8.49. The first kappa shape index (κ1) is 14.0. The quantitative estimate of drug-likeness (QED) is 0.772. The number of carbonyl (C=O) groups is 2. The van der Waals surface area contributed by atoms with Crippen molar-refractivity contribution >= 4 is 18.1 Å². The van der Waals surface area contributed by atoms with Gasteiger partial charge in [-0.15, -0.1) is 0 Å². The fourth-order valence-electron chi connectivity index (χ4n) is 1.93. The van der Waals surface area contributed by atoms with Crippen LogP contribution in [0.3, 0.4) is 0 Å². The van der Waals surface area contributed by atoms with E-state index in [1.54, 1.807) is 24.6 Å². The molecule has 98 valence electrons. The Kier molecular flexibility index (Phi) is 4.31. The number of aromatic nitrogens is 1. The van der Waals surface area contributed by atoms with Crippen LogP contribution in [0.5, 0.6) is 0 Å². The van der Waals surface area contributed by atoms with Crippen molar-refractivity contribution in [1.82, 2.24) is 4.57 Å². The van der Waals surface area contributed by atoms with E-state index >= 15 is 0 Å². The number of hydrogen-bond donors (Lipinski definition) is 0. The summed E-state index contributed by atoms with van der Waals surface area (Å²) in [5, 5.41) is 0. The lowest BCUT2D eigenvalue weighted by molar-refractivity contribution is 0.0555. The molecule has 0 unspecified atom stereocenters. The topological polar surface area (TPSA) is 57.5 Å². The Morgan fingerprint density at radius 2 is 1.39 bits per heavy atom. The molecular formula is C13H17NO4. The van der Waals surface area contributed by atoms with Gasteiger partial charge in [-0.3, -0.25) is 0 Å². The highest BCUT2D eigenvalue weighted by Gasteiger charge is 2.27. The molecule has 0 saturated carbocycles. The maximum atomic E-state index is 11.8. The summed E-state index contributed by atoms with van der Waals surface area (Å²) in [6.07, 6.45) is 3.60.